The van der Waals surface area contributed by atoms with Gasteiger partial charge in [0.25, 0.3) is 0 Å². The number of methoxy groups -OCH3 is 1. The lowest BCUT2D eigenvalue weighted by Crippen LogP contribution is -2.18. The van der Waals surface area contributed by atoms with Crippen molar-refractivity contribution in [2.75, 3.05) is 26.8 Å². The Morgan fingerprint density at radius 2 is 2.24 bits per heavy atom. The summed E-state index contributed by atoms with van der Waals surface area (Å²) < 4.78 is 10.6. The van der Waals surface area contributed by atoms with Gasteiger partial charge in [0, 0.05) is 25.6 Å². The van der Waals surface area contributed by atoms with E-state index in [4.69, 9.17) is 9.15 Å². The highest BCUT2D eigenvalue weighted by molar-refractivity contribution is 5.79. The van der Waals surface area contributed by atoms with E-state index >= 15 is 0 Å². The molecular formula is C14H17NO2. The molecule has 0 bridgehead atoms. The zero-order valence-corrected chi connectivity index (χ0v) is 9.98. The molecule has 17 heavy (non-hydrogen) atoms. The molecule has 2 rings (SSSR count). The fourth-order valence-electron chi connectivity index (χ4n) is 1.62. The van der Waals surface area contributed by atoms with Crippen LogP contribution in [0, 0.1) is 0 Å². The number of hydrogen-bond donors (Lipinski definition) is 1. The van der Waals surface area contributed by atoms with Gasteiger partial charge in [-0.3, -0.25) is 0 Å². The van der Waals surface area contributed by atoms with Gasteiger partial charge in [-0.05, 0) is 18.2 Å². The summed E-state index contributed by atoms with van der Waals surface area (Å²) in [5.41, 5.74) is 0.930. The van der Waals surface area contributed by atoms with E-state index in [1.807, 2.05) is 42.5 Å². The number of fused-ring (bicyclic) bond motifs is 1. The molecule has 1 aromatic carbocycles. The first-order valence-corrected chi connectivity index (χ1v) is 5.75. The van der Waals surface area contributed by atoms with E-state index in [-0.39, 0.29) is 0 Å². The number of rotatable bonds is 6. The highest BCUT2D eigenvalue weighted by atomic mass is 16.5. The summed E-state index contributed by atoms with van der Waals surface area (Å²) in [6.07, 6.45) is 4.03. The molecule has 3 nitrogen and oxygen atoms in total. The summed E-state index contributed by atoms with van der Waals surface area (Å²) in [5, 5.41) is 4.38. The van der Waals surface area contributed by atoms with E-state index in [1.165, 1.54) is 0 Å². The van der Waals surface area contributed by atoms with Gasteiger partial charge in [0.1, 0.15) is 11.3 Å². The molecule has 90 valence electrons. The molecule has 0 radical (unpaired) electrons. The Hall–Kier alpha value is -1.58. The first kappa shape index (κ1) is 11.9. The maximum atomic E-state index is 5.66. The van der Waals surface area contributed by atoms with Crippen LogP contribution >= 0.6 is 0 Å². The van der Waals surface area contributed by atoms with Crippen molar-refractivity contribution >= 4 is 17.0 Å². The topological polar surface area (TPSA) is 34.4 Å². The van der Waals surface area contributed by atoms with Gasteiger partial charge in [0.15, 0.2) is 0 Å². The summed E-state index contributed by atoms with van der Waals surface area (Å²) in [6.45, 7) is 2.42. The van der Waals surface area contributed by atoms with Crippen LogP contribution in [0.3, 0.4) is 0 Å². The predicted octanol–water partition coefficient (Wildman–Crippen LogP) is 2.68. The molecule has 0 amide bonds. The van der Waals surface area contributed by atoms with Crippen LogP contribution in [-0.2, 0) is 4.74 Å². The molecule has 1 N–H and O–H groups in total. The second-order valence-corrected chi connectivity index (χ2v) is 3.79. The van der Waals surface area contributed by atoms with Gasteiger partial charge in [0.05, 0.1) is 6.61 Å². The Labute approximate surface area is 101 Å². The minimum absolute atomic E-state index is 0.735. The Bertz CT molecular complexity index is 455. The van der Waals surface area contributed by atoms with Crippen LogP contribution in [0.1, 0.15) is 5.76 Å². The van der Waals surface area contributed by atoms with Gasteiger partial charge < -0.3 is 14.5 Å². The summed E-state index contributed by atoms with van der Waals surface area (Å²) in [6, 6.07) is 10.1. The molecule has 0 aliphatic rings. The lowest BCUT2D eigenvalue weighted by atomic mass is 10.2. The Balaban J connectivity index is 1.87. The number of ether oxygens (including phenoxy) is 1. The third-order valence-electron chi connectivity index (χ3n) is 2.47. The molecule has 2 aromatic rings. The summed E-state index contributed by atoms with van der Waals surface area (Å²) in [7, 11) is 1.70. The van der Waals surface area contributed by atoms with Crippen molar-refractivity contribution in [1.82, 2.24) is 5.32 Å². The minimum atomic E-state index is 0.735. The SMILES string of the molecule is COCCNCC=Cc1cc2ccccc2o1. The second kappa shape index (κ2) is 6.23. The van der Waals surface area contributed by atoms with E-state index in [0.29, 0.717) is 0 Å². The fraction of sp³-hybridized carbons (Fsp3) is 0.286. The minimum Gasteiger partial charge on any atom is -0.457 e. The van der Waals surface area contributed by atoms with E-state index in [0.717, 1.165) is 36.4 Å². The standard InChI is InChI=1S/C14H17NO2/c1-16-10-9-15-8-4-6-13-11-12-5-2-3-7-14(12)17-13/h2-7,11,15H,8-10H2,1H3. The normalized spacial score (nSPS) is 11.6. The van der Waals surface area contributed by atoms with Crippen molar-refractivity contribution in [2.45, 2.75) is 0 Å². The Morgan fingerprint density at radius 1 is 1.35 bits per heavy atom. The molecule has 0 fully saturated rings. The molecule has 3 heteroatoms. The molecule has 0 unspecified atom stereocenters. The Morgan fingerprint density at radius 3 is 3.06 bits per heavy atom. The zero-order chi connectivity index (χ0) is 11.9. The van der Waals surface area contributed by atoms with Crippen LogP contribution in [-0.4, -0.2) is 26.8 Å². The second-order valence-electron chi connectivity index (χ2n) is 3.79. The molecule has 0 atom stereocenters. The number of benzene rings is 1. The van der Waals surface area contributed by atoms with E-state index in [1.54, 1.807) is 7.11 Å². The van der Waals surface area contributed by atoms with E-state index < -0.39 is 0 Å². The quantitative estimate of drug-likeness (QED) is 0.776. The monoisotopic (exact) mass is 231 g/mol. The van der Waals surface area contributed by atoms with E-state index in [9.17, 15) is 0 Å². The molecule has 0 saturated carbocycles. The first-order chi connectivity index (χ1) is 8.40. The van der Waals surface area contributed by atoms with Crippen LogP contribution in [0.2, 0.25) is 0 Å². The number of nitrogens with one attached hydrogen (secondary N) is 1. The van der Waals surface area contributed by atoms with Gasteiger partial charge in [-0.1, -0.05) is 24.3 Å². The van der Waals surface area contributed by atoms with Gasteiger partial charge in [-0.25, -0.2) is 0 Å². The largest absolute Gasteiger partial charge is 0.457 e. The summed E-state index contributed by atoms with van der Waals surface area (Å²) >= 11 is 0. The summed E-state index contributed by atoms with van der Waals surface area (Å²) in [5.74, 6) is 0.889. The lowest BCUT2D eigenvalue weighted by Gasteiger charge is -1.98. The smallest absolute Gasteiger partial charge is 0.134 e. The van der Waals surface area contributed by atoms with Crippen molar-refractivity contribution < 1.29 is 9.15 Å². The zero-order valence-electron chi connectivity index (χ0n) is 9.98. The molecule has 0 aliphatic heterocycles. The van der Waals surface area contributed by atoms with Gasteiger partial charge in [-0.2, -0.15) is 0 Å². The molecule has 0 spiro atoms. The summed E-state index contributed by atoms with van der Waals surface area (Å²) in [4.78, 5) is 0. The van der Waals surface area contributed by atoms with Crippen molar-refractivity contribution in [3.63, 3.8) is 0 Å². The average molecular weight is 231 g/mol. The van der Waals surface area contributed by atoms with E-state index in [2.05, 4.69) is 5.32 Å². The maximum Gasteiger partial charge on any atom is 0.134 e. The fourth-order valence-corrected chi connectivity index (χ4v) is 1.62. The third-order valence-corrected chi connectivity index (χ3v) is 2.47. The first-order valence-electron chi connectivity index (χ1n) is 5.75. The molecular weight excluding hydrogens is 214 g/mol. The van der Waals surface area contributed by atoms with Crippen LogP contribution in [0.4, 0.5) is 0 Å². The highest BCUT2D eigenvalue weighted by Crippen LogP contribution is 2.19. The number of furan rings is 1. The molecule has 0 aliphatic carbocycles. The van der Waals surface area contributed by atoms with Crippen LogP contribution in [0.25, 0.3) is 17.0 Å². The van der Waals surface area contributed by atoms with Crippen LogP contribution in [0.5, 0.6) is 0 Å². The molecule has 1 aromatic heterocycles. The van der Waals surface area contributed by atoms with Crippen LogP contribution in [0.15, 0.2) is 40.8 Å². The van der Waals surface area contributed by atoms with Crippen molar-refractivity contribution in [3.05, 3.63) is 42.2 Å². The third kappa shape index (κ3) is 3.44. The van der Waals surface area contributed by atoms with Crippen LogP contribution < -0.4 is 5.32 Å². The predicted molar refractivity (Wildman–Crippen MR) is 70.0 cm³/mol. The van der Waals surface area contributed by atoms with Gasteiger partial charge >= 0.3 is 0 Å². The van der Waals surface area contributed by atoms with Crippen molar-refractivity contribution in [1.29, 1.82) is 0 Å². The number of hydrogen-bond acceptors (Lipinski definition) is 3. The lowest BCUT2D eigenvalue weighted by molar-refractivity contribution is 0.200. The molecule has 1 heterocycles. The Kier molecular flexibility index (Phi) is 4.36. The van der Waals surface area contributed by atoms with Crippen molar-refractivity contribution in [3.8, 4) is 0 Å². The highest BCUT2D eigenvalue weighted by Gasteiger charge is 1.98. The average Bonchev–Trinajstić information content (AvgIpc) is 2.76. The van der Waals surface area contributed by atoms with Gasteiger partial charge in [0.2, 0.25) is 0 Å². The molecule has 0 saturated heterocycles. The van der Waals surface area contributed by atoms with Crippen molar-refractivity contribution in [2.24, 2.45) is 0 Å². The van der Waals surface area contributed by atoms with Gasteiger partial charge in [-0.15, -0.1) is 0 Å². The number of para-hydroxylation sites is 1. The maximum absolute atomic E-state index is 5.66.